The highest BCUT2D eigenvalue weighted by Crippen LogP contribution is 2.29. The summed E-state index contributed by atoms with van der Waals surface area (Å²) in [5.41, 5.74) is 5.93. The molecule has 76 valence electrons. The van der Waals surface area contributed by atoms with Crippen molar-refractivity contribution in [3.05, 3.63) is 24.8 Å². The van der Waals surface area contributed by atoms with E-state index in [4.69, 9.17) is 10.8 Å². The number of carbonyl (C=O) groups is 1. The van der Waals surface area contributed by atoms with Crippen molar-refractivity contribution < 1.29 is 15.0 Å². The largest absolute Gasteiger partial charge is 0.506 e. The van der Waals surface area contributed by atoms with Gasteiger partial charge >= 0.3 is 5.97 Å². The zero-order chi connectivity index (χ0) is 10.9. The molecule has 1 aromatic rings. The lowest BCUT2D eigenvalue weighted by Crippen LogP contribution is -2.20. The Morgan fingerprint density at radius 3 is 2.14 bits per heavy atom. The maximum Gasteiger partial charge on any atom is 0.325 e. The summed E-state index contributed by atoms with van der Waals surface area (Å²) in [6.07, 6.45) is 0. The first-order chi connectivity index (χ1) is 6.43. The molecule has 0 heterocycles. The number of nitrogens with two attached hydrogens (primary N) is 1. The number of aliphatic carboxylic acids is 1. The van der Waals surface area contributed by atoms with Gasteiger partial charge in [0.25, 0.3) is 0 Å². The Balaban J connectivity index is 3.19. The SMILES string of the molecule is N[C@@H](C(=O)O)c1cc(I)c(O)c(I)c1. The molecule has 14 heavy (non-hydrogen) atoms. The number of carboxylic acid groups (broad SMARTS) is 1. The molecule has 1 atom stereocenters. The molecule has 0 aromatic heterocycles. The van der Waals surface area contributed by atoms with Crippen molar-refractivity contribution in [3.63, 3.8) is 0 Å². The number of aromatic hydroxyl groups is 1. The predicted octanol–water partition coefficient (Wildman–Crippen LogP) is 1.69. The second-order valence-corrected chi connectivity index (χ2v) is 4.97. The van der Waals surface area contributed by atoms with Crippen LogP contribution in [0, 0.1) is 7.14 Å². The van der Waals surface area contributed by atoms with Gasteiger partial charge < -0.3 is 15.9 Å². The Morgan fingerprint density at radius 2 is 1.79 bits per heavy atom. The first-order valence-electron chi connectivity index (χ1n) is 3.59. The van der Waals surface area contributed by atoms with Crippen LogP contribution in [0.2, 0.25) is 0 Å². The van der Waals surface area contributed by atoms with E-state index in [2.05, 4.69) is 0 Å². The van der Waals surface area contributed by atoms with Crippen LogP contribution in [0.4, 0.5) is 0 Å². The van der Waals surface area contributed by atoms with Gasteiger partial charge in [-0.3, -0.25) is 4.79 Å². The lowest BCUT2D eigenvalue weighted by atomic mass is 10.1. The highest BCUT2D eigenvalue weighted by molar-refractivity contribution is 14.1. The van der Waals surface area contributed by atoms with E-state index in [-0.39, 0.29) is 5.75 Å². The van der Waals surface area contributed by atoms with Crippen molar-refractivity contribution in [1.29, 1.82) is 0 Å². The summed E-state index contributed by atoms with van der Waals surface area (Å²) in [7, 11) is 0. The van der Waals surface area contributed by atoms with Gasteiger partial charge in [-0.1, -0.05) is 0 Å². The normalized spacial score (nSPS) is 12.5. The van der Waals surface area contributed by atoms with E-state index < -0.39 is 12.0 Å². The van der Waals surface area contributed by atoms with E-state index in [9.17, 15) is 9.90 Å². The fourth-order valence-electron chi connectivity index (χ4n) is 0.907. The van der Waals surface area contributed by atoms with Crippen LogP contribution in [0.15, 0.2) is 12.1 Å². The van der Waals surface area contributed by atoms with Gasteiger partial charge in [-0.05, 0) is 62.9 Å². The second kappa shape index (κ2) is 4.62. The fourth-order valence-corrected chi connectivity index (χ4v) is 2.72. The third kappa shape index (κ3) is 2.48. The molecule has 0 unspecified atom stereocenters. The number of carboxylic acids is 1. The van der Waals surface area contributed by atoms with Crippen molar-refractivity contribution in [2.45, 2.75) is 6.04 Å². The summed E-state index contributed by atoms with van der Waals surface area (Å²) in [4.78, 5) is 10.6. The summed E-state index contributed by atoms with van der Waals surface area (Å²) in [6.45, 7) is 0. The van der Waals surface area contributed by atoms with E-state index in [1.54, 1.807) is 12.1 Å². The molecule has 0 amide bonds. The van der Waals surface area contributed by atoms with Crippen molar-refractivity contribution in [2.75, 3.05) is 0 Å². The van der Waals surface area contributed by atoms with E-state index in [0.29, 0.717) is 12.7 Å². The average Bonchev–Trinajstić information content (AvgIpc) is 2.12. The Hall–Kier alpha value is -0.0900. The molecule has 1 aromatic carbocycles. The van der Waals surface area contributed by atoms with Gasteiger partial charge in [0, 0.05) is 0 Å². The van der Waals surface area contributed by atoms with Crippen LogP contribution < -0.4 is 5.73 Å². The predicted molar refractivity (Wildman–Crippen MR) is 68.1 cm³/mol. The first-order valence-corrected chi connectivity index (χ1v) is 5.75. The minimum absolute atomic E-state index is 0.160. The van der Waals surface area contributed by atoms with Gasteiger partial charge in [0.05, 0.1) is 7.14 Å². The molecular formula is C8H7I2NO3. The van der Waals surface area contributed by atoms with Crippen LogP contribution >= 0.6 is 45.2 Å². The lowest BCUT2D eigenvalue weighted by Gasteiger charge is -2.09. The molecule has 0 spiro atoms. The standard InChI is InChI=1S/C8H7I2NO3/c9-4-1-3(6(11)8(13)14)2-5(10)7(4)12/h1-2,6,12H,11H2,(H,13,14)/t6-/m1/s1. The molecule has 0 saturated carbocycles. The molecule has 0 fully saturated rings. The first kappa shape index (κ1) is 12.0. The average molecular weight is 419 g/mol. The van der Waals surface area contributed by atoms with E-state index in [0.717, 1.165) is 0 Å². The lowest BCUT2D eigenvalue weighted by molar-refractivity contribution is -0.138. The van der Waals surface area contributed by atoms with Crippen molar-refractivity contribution in [1.82, 2.24) is 0 Å². The minimum atomic E-state index is -1.08. The summed E-state index contributed by atoms with van der Waals surface area (Å²) >= 11 is 3.86. The molecule has 1 rings (SSSR count). The molecule has 0 radical (unpaired) electrons. The van der Waals surface area contributed by atoms with Crippen LogP contribution in [0.1, 0.15) is 11.6 Å². The van der Waals surface area contributed by atoms with Crippen molar-refractivity contribution >= 4 is 51.2 Å². The Morgan fingerprint density at radius 1 is 1.36 bits per heavy atom. The number of halogens is 2. The summed E-state index contributed by atoms with van der Waals surface area (Å²) < 4.78 is 1.20. The van der Waals surface area contributed by atoms with Gasteiger partial charge in [-0.2, -0.15) is 0 Å². The Labute approximate surface area is 108 Å². The number of benzene rings is 1. The maximum absolute atomic E-state index is 10.6. The van der Waals surface area contributed by atoms with Gasteiger partial charge in [0.2, 0.25) is 0 Å². The van der Waals surface area contributed by atoms with Gasteiger partial charge in [-0.25, -0.2) is 0 Å². The number of rotatable bonds is 2. The molecule has 4 nitrogen and oxygen atoms in total. The van der Waals surface area contributed by atoms with Crippen LogP contribution in [-0.4, -0.2) is 16.2 Å². The number of hydrogen-bond donors (Lipinski definition) is 3. The van der Waals surface area contributed by atoms with Crippen LogP contribution in [0.3, 0.4) is 0 Å². The molecule has 0 saturated heterocycles. The summed E-state index contributed by atoms with van der Waals surface area (Å²) in [6, 6.07) is 2.09. The van der Waals surface area contributed by atoms with Crippen molar-refractivity contribution in [3.8, 4) is 5.75 Å². The molecule has 0 aliphatic rings. The Kier molecular flexibility index (Phi) is 3.95. The third-order valence-electron chi connectivity index (χ3n) is 1.66. The van der Waals surface area contributed by atoms with Gasteiger partial charge in [0.1, 0.15) is 11.8 Å². The fraction of sp³-hybridized carbons (Fsp3) is 0.125. The highest BCUT2D eigenvalue weighted by atomic mass is 127. The van der Waals surface area contributed by atoms with Crippen LogP contribution in [-0.2, 0) is 4.79 Å². The topological polar surface area (TPSA) is 83.6 Å². The molecule has 6 heteroatoms. The summed E-state index contributed by atoms with van der Waals surface area (Å²) in [5, 5.41) is 18.1. The number of phenolic OH excluding ortho intramolecular Hbond substituents is 1. The Bertz CT molecular complexity index is 358. The number of phenols is 1. The summed E-state index contributed by atoms with van der Waals surface area (Å²) in [5.74, 6) is -0.921. The molecular weight excluding hydrogens is 412 g/mol. The van der Waals surface area contributed by atoms with Gasteiger partial charge in [0.15, 0.2) is 0 Å². The zero-order valence-corrected chi connectivity index (χ0v) is 11.2. The second-order valence-electron chi connectivity index (χ2n) is 2.65. The molecule has 4 N–H and O–H groups in total. The monoisotopic (exact) mass is 419 g/mol. The highest BCUT2D eigenvalue weighted by Gasteiger charge is 2.16. The van der Waals surface area contributed by atoms with Crippen LogP contribution in [0.5, 0.6) is 5.75 Å². The van der Waals surface area contributed by atoms with Gasteiger partial charge in [-0.15, -0.1) is 0 Å². The quantitative estimate of drug-likeness (QED) is 0.638. The molecule has 0 aliphatic heterocycles. The van der Waals surface area contributed by atoms with E-state index >= 15 is 0 Å². The maximum atomic E-state index is 10.6. The van der Waals surface area contributed by atoms with Crippen LogP contribution in [0.25, 0.3) is 0 Å². The smallest absolute Gasteiger partial charge is 0.325 e. The molecule has 0 aliphatic carbocycles. The van der Waals surface area contributed by atoms with E-state index in [1.807, 2.05) is 45.2 Å². The number of hydrogen-bond acceptors (Lipinski definition) is 3. The van der Waals surface area contributed by atoms with E-state index in [1.165, 1.54) is 0 Å². The molecule has 0 bridgehead atoms. The zero-order valence-electron chi connectivity index (χ0n) is 6.87. The minimum Gasteiger partial charge on any atom is -0.506 e. The third-order valence-corrected chi connectivity index (χ3v) is 3.31. The van der Waals surface area contributed by atoms with Crippen molar-refractivity contribution in [2.24, 2.45) is 5.73 Å².